The van der Waals surface area contributed by atoms with Crippen molar-refractivity contribution in [1.29, 1.82) is 0 Å². The van der Waals surface area contributed by atoms with E-state index in [0.717, 1.165) is 0 Å². The zero-order valence-corrected chi connectivity index (χ0v) is 22.5. The summed E-state index contributed by atoms with van der Waals surface area (Å²) in [7, 11) is 0. The van der Waals surface area contributed by atoms with E-state index in [1.165, 1.54) is 0 Å². The van der Waals surface area contributed by atoms with Gasteiger partial charge in [-0.1, -0.05) is 0 Å². The first-order valence-electron chi connectivity index (χ1n) is 0. The van der Waals surface area contributed by atoms with E-state index in [4.69, 9.17) is 0 Å². The Labute approximate surface area is 254 Å². The Morgan fingerprint density at radius 1 is 0.333 bits per heavy atom. The molecule has 0 N–H and O–H groups in total. The molecule has 0 aliphatic rings. The number of hydrogen-bond donors (Lipinski definition) is 0. The van der Waals surface area contributed by atoms with Crippen LogP contribution < -0.4 is 0 Å². The molecule has 0 amide bonds. The molecule has 0 saturated carbocycles. The third kappa shape index (κ3) is 22.9. The minimum absolute atomic E-state index is 0. The molecule has 0 spiro atoms. The second-order valence-electron chi connectivity index (χ2n) is 0. The molecule has 0 aromatic heterocycles. The van der Waals surface area contributed by atoms with E-state index in [9.17, 15) is 0 Å². The van der Waals surface area contributed by atoms with Crippen LogP contribution in [0.4, 0.5) is 0 Å². The molecule has 0 rings (SSSR count). The van der Waals surface area contributed by atoms with Gasteiger partial charge in [0.1, 0.15) is 0 Å². The van der Waals surface area contributed by atoms with Crippen molar-refractivity contribution in [2.24, 2.45) is 0 Å². The largest absolute Gasteiger partial charge is 0 e. The average Bonchev–Trinajstić information content (AvgIpc) is 0. The molecule has 6 valence electrons. The van der Waals surface area contributed by atoms with Gasteiger partial charge in [0.2, 0.25) is 0 Å². The van der Waals surface area contributed by atoms with Crippen LogP contribution >= 0.6 is 0 Å². The Morgan fingerprint density at radius 2 is 0.333 bits per heavy atom. The minimum Gasteiger partial charge on any atom is 0 e. The quantitative estimate of drug-likeness (QED) is 0.388. The van der Waals surface area contributed by atoms with Crippen LogP contribution in [0.1, 0.15) is 0 Å². The van der Waals surface area contributed by atoms with Crippen molar-refractivity contribution in [3.63, 3.8) is 0 Å². The van der Waals surface area contributed by atoms with Gasteiger partial charge in [-0.15, -0.1) is 0 Å². The van der Waals surface area contributed by atoms with Crippen LogP contribution in [-0.2, 0) is 0 Å². The fourth-order valence-electron chi connectivity index (χ4n) is 0. The summed E-state index contributed by atoms with van der Waals surface area (Å²) in [5.41, 5.74) is 0. The molecular formula is K4Na2. The maximum Gasteiger partial charge on any atom is 0 e. The van der Waals surface area contributed by atoms with E-state index in [1.807, 2.05) is 0 Å². The number of rotatable bonds is 0. The molecule has 0 unspecified atom stereocenters. The third-order valence-electron chi connectivity index (χ3n) is 0. The van der Waals surface area contributed by atoms with Gasteiger partial charge in [-0.2, -0.15) is 0 Å². The van der Waals surface area contributed by atoms with Gasteiger partial charge >= 0.3 is 0 Å². The van der Waals surface area contributed by atoms with Crippen LogP contribution in [0, 0.1) is 0 Å². The number of hydrogen-bond acceptors (Lipinski definition) is 0. The van der Waals surface area contributed by atoms with Gasteiger partial charge in [-0.3, -0.25) is 0 Å². The van der Waals surface area contributed by atoms with E-state index in [2.05, 4.69) is 0 Å². The molecule has 0 aromatic rings. The second kappa shape index (κ2) is 29.2. The molecule has 0 aromatic carbocycles. The van der Waals surface area contributed by atoms with Gasteiger partial charge in [0.05, 0.1) is 0 Å². The summed E-state index contributed by atoms with van der Waals surface area (Å²) in [5, 5.41) is 0. The summed E-state index contributed by atoms with van der Waals surface area (Å²) in [4.78, 5) is 0. The molecule has 0 nitrogen and oxygen atoms in total. The van der Waals surface area contributed by atoms with Gasteiger partial charge in [-0.25, -0.2) is 0 Å². The molecule has 0 saturated heterocycles. The molecule has 0 aliphatic heterocycles. The molecule has 0 heterocycles. The van der Waals surface area contributed by atoms with E-state index in [0.29, 0.717) is 0 Å². The van der Waals surface area contributed by atoms with Crippen LogP contribution in [0.15, 0.2) is 0 Å². The molecule has 6 heteroatoms. The standard InChI is InChI=1S/4K.2Na. The molecule has 0 aliphatic carbocycles. The van der Waals surface area contributed by atoms with E-state index < -0.39 is 0 Å². The average molecular weight is 202 g/mol. The van der Waals surface area contributed by atoms with Gasteiger partial charge in [0.25, 0.3) is 0 Å². The van der Waals surface area contributed by atoms with Crippen molar-refractivity contribution in [2.45, 2.75) is 0 Å². The first-order valence-corrected chi connectivity index (χ1v) is 0. The summed E-state index contributed by atoms with van der Waals surface area (Å²) in [5.74, 6) is 0. The monoisotopic (exact) mass is 202 g/mol. The Bertz CT molecular complexity index is 5.51. The molecule has 0 bridgehead atoms. The van der Waals surface area contributed by atoms with Crippen LogP contribution in [0.2, 0.25) is 0 Å². The maximum absolute atomic E-state index is 0. The van der Waals surface area contributed by atoms with E-state index in [-0.39, 0.29) is 265 Å². The van der Waals surface area contributed by atoms with Gasteiger partial charge < -0.3 is 0 Å². The molecular weight excluding hydrogens is 202 g/mol. The Balaban J connectivity index is 0. The van der Waals surface area contributed by atoms with Crippen molar-refractivity contribution in [2.75, 3.05) is 0 Å². The maximum atomic E-state index is 0. The summed E-state index contributed by atoms with van der Waals surface area (Å²) in [6.07, 6.45) is 0. The van der Waals surface area contributed by atoms with Gasteiger partial charge in [0.15, 0.2) is 0 Å². The summed E-state index contributed by atoms with van der Waals surface area (Å²) >= 11 is 0. The van der Waals surface area contributed by atoms with Crippen molar-refractivity contribution < 1.29 is 0 Å². The van der Waals surface area contributed by atoms with E-state index >= 15 is 0 Å². The Kier molecular flexibility index (Phi) is 178. The SMILES string of the molecule is [K].[K].[K].[K].[Na].[Na]. The van der Waals surface area contributed by atoms with E-state index in [1.54, 1.807) is 0 Å². The second-order valence-corrected chi connectivity index (χ2v) is 0. The Morgan fingerprint density at radius 3 is 0.333 bits per heavy atom. The first kappa shape index (κ1) is 36.5. The predicted molar refractivity (Wildman–Crippen MR) is 34.5 cm³/mol. The van der Waals surface area contributed by atoms with Crippen molar-refractivity contribution in [3.8, 4) is 0 Å². The van der Waals surface area contributed by atoms with Gasteiger partial charge in [-0.05, 0) is 0 Å². The molecule has 0 atom stereocenters. The van der Waals surface area contributed by atoms with Gasteiger partial charge in [0, 0.05) is 265 Å². The van der Waals surface area contributed by atoms with Crippen molar-refractivity contribution in [1.82, 2.24) is 0 Å². The van der Waals surface area contributed by atoms with Crippen molar-refractivity contribution >= 4 is 265 Å². The Hall–Kier alpha value is 8.55. The van der Waals surface area contributed by atoms with Crippen LogP contribution in [0.5, 0.6) is 0 Å². The summed E-state index contributed by atoms with van der Waals surface area (Å²) in [6, 6.07) is 0. The zero-order chi connectivity index (χ0) is 0. The third-order valence-corrected chi connectivity index (χ3v) is 0. The first-order chi connectivity index (χ1) is 0. The summed E-state index contributed by atoms with van der Waals surface area (Å²) < 4.78 is 0. The van der Waals surface area contributed by atoms with Crippen LogP contribution in [0.25, 0.3) is 0 Å². The fourth-order valence-corrected chi connectivity index (χ4v) is 0. The molecule has 6 radical (unpaired) electrons. The zero-order valence-electron chi connectivity index (χ0n) is 6.00. The fraction of sp³-hybridized carbons (Fsp3) is 0. The summed E-state index contributed by atoms with van der Waals surface area (Å²) in [6.45, 7) is 0. The molecule has 6 heavy (non-hydrogen) atoms. The molecule has 0 fully saturated rings. The van der Waals surface area contributed by atoms with Crippen molar-refractivity contribution in [3.05, 3.63) is 0 Å². The van der Waals surface area contributed by atoms with Crippen LogP contribution in [0.3, 0.4) is 0 Å². The minimum atomic E-state index is 0. The van der Waals surface area contributed by atoms with Crippen LogP contribution in [-0.4, -0.2) is 265 Å². The smallest absolute Gasteiger partial charge is 0 e. The normalized spacial score (nSPS) is 0. The predicted octanol–water partition coefficient (Wildman–Crippen LogP) is -2.28. The topological polar surface area (TPSA) is 0 Å².